The molecular weight excluding hydrogens is 1680 g/mol. The summed E-state index contributed by atoms with van der Waals surface area (Å²) < 4.78 is 74.2. The molecule has 17 rings (SSSR count). The van der Waals surface area contributed by atoms with Crippen LogP contribution in [0.25, 0.3) is 11.1 Å². The summed E-state index contributed by atoms with van der Waals surface area (Å²) in [5.74, 6) is -15.1. The fourth-order valence-corrected chi connectivity index (χ4v) is 15.7. The Morgan fingerprint density at radius 3 is 1.61 bits per heavy atom. The normalized spacial score (nSPS) is 33.3. The molecule has 17 bridgehead atoms. The number of aliphatic imine (C=N–C) groups is 6. The maximum atomic E-state index is 14.8. The number of fused-ring (bicyclic) bond motifs is 12. The van der Waals surface area contributed by atoms with Gasteiger partial charge >= 0.3 is 5.97 Å². The van der Waals surface area contributed by atoms with E-state index in [1.165, 1.54) is 87.5 Å². The lowest BCUT2D eigenvalue weighted by atomic mass is 9.90. The molecule has 678 valence electrons. The average molecular weight is 1770 g/mol. The van der Waals surface area contributed by atoms with E-state index in [2.05, 4.69) is 25.0 Å². The zero-order valence-corrected chi connectivity index (χ0v) is 67.3. The monoisotopic (exact) mass is 1770 g/mol. The van der Waals surface area contributed by atoms with Crippen LogP contribution in [0, 0.1) is 6.92 Å². The van der Waals surface area contributed by atoms with Gasteiger partial charge in [-0.15, -0.1) is 0 Å². The number of aliphatic hydroxyl groups is 18. The number of nitrogens with zero attached hydrogens (tertiary/aromatic N) is 6. The fraction of sp³-hybridized carbons (Fsp3) is 0.417. The highest BCUT2D eigenvalue weighted by atomic mass is 16.7. The fourth-order valence-electron chi connectivity index (χ4n) is 15.7. The van der Waals surface area contributed by atoms with Gasteiger partial charge in [0.25, 0.3) is 0 Å². The topological polar surface area (TPSA) is 699 Å². The Morgan fingerprint density at radius 2 is 0.976 bits per heavy atom. The van der Waals surface area contributed by atoms with E-state index in [9.17, 15) is 117 Å². The van der Waals surface area contributed by atoms with Gasteiger partial charge in [0.15, 0.2) is 71.8 Å². The van der Waals surface area contributed by atoms with Crippen LogP contribution in [0.4, 0.5) is 0 Å². The molecule has 20 unspecified atom stereocenters. The van der Waals surface area contributed by atoms with Gasteiger partial charge in [-0.2, -0.15) is 0 Å². The minimum atomic E-state index is -2.44. The van der Waals surface area contributed by atoms with Crippen LogP contribution in [0.5, 0.6) is 69.0 Å². The molecule has 43 nitrogen and oxygen atoms in total. The summed E-state index contributed by atoms with van der Waals surface area (Å²) in [7, 11) is 0.909. The van der Waals surface area contributed by atoms with Crippen molar-refractivity contribution in [3.05, 3.63) is 166 Å². The number of nitrogens with two attached hydrogens (primary N) is 2. The standard InChI is InChI=1S/C84H92N8O35/c1-28-45(97)18-35-20-46(28)122-47-19-33(9-16-44(47)96)55(86)75(109)91-60-64(100)31-5-11-38(12-6-31)120-49-21-36-22-50(74(49)127-84-72(108)69(105)66(102)52(125-84)27-117-82-70(106)67(103)63(99)30(3)119-82)121-39-13-7-32(8-14-39)73(126-53-25-42(85)62(98)29(2)118-53)61-80(114)90-59(81(115)116-4)41-23-37(94)24-48(123-83-71(107)68(104)65(101)51(26-93)124-83)54(41)40-17-34(10-15-43(40)95)56(76(110)92-61)87-78(112)58(36)88-77(111)57(35)89-79(60)113/h5-24,29-30,42,51-53,55-73,82-84,93-108H,25-27,85-86H2,1-4H3,(H,87,112)(H,88,111)(H,89,113)(H,90,114)(H,91,109)(H,92,110)/t29?,30?,42?,51?,52?,53?,55-,56-,57+,58-,59+,60-,61+,62?,63?,64-,65?,66?,67?,68?,69?,70?,71?,72?,73?,82?,83?,84?/m1/s1. The molecule has 10 aliphatic heterocycles. The molecular formula is C84H92N8O35. The second-order valence-electron chi connectivity index (χ2n) is 31.4. The SMILES string of the molecule is COC(=O)[C@H]1N=C(O)[C@H]2N=C(O)[C@H](N=C(O)[C@@H]3N=C(O)[C@H]4N=C(O)[C@H](N=C(O)[C@H](N)c5ccc(O)c(c5)Oc5cc4cc(O)c5C)[C@H](O)c4ccc(cc4)Oc4cc3cc(c4OC3OC(COC4OC(C)C(O)C(O)C4O)C(O)C(O)C3O)Oc3ccc(cc3)C2OC2CC(N)C(O)C(C)O2)c2ccc(O)c(c2)-c2c(OC3OC(CO)C(O)C(O)C3O)cc(O)cc21. The largest absolute Gasteiger partial charge is 0.508 e. The van der Waals surface area contributed by atoms with Crippen molar-refractivity contribution < 1.29 is 174 Å². The number of carbonyl (C=O) groups excluding carboxylic acids is 1. The van der Waals surface area contributed by atoms with Crippen molar-refractivity contribution in [1.82, 2.24) is 0 Å². The molecule has 28 atom stereocenters. The molecule has 7 aromatic rings. The van der Waals surface area contributed by atoms with E-state index in [1.54, 1.807) is 0 Å². The second-order valence-corrected chi connectivity index (χ2v) is 31.4. The Kier molecular flexibility index (Phi) is 25.9. The number of ether oxygens (including phenoxy) is 12. The van der Waals surface area contributed by atoms with Crippen molar-refractivity contribution in [3.63, 3.8) is 0 Å². The van der Waals surface area contributed by atoms with Gasteiger partial charge in [0.05, 0.1) is 38.6 Å². The summed E-state index contributed by atoms with van der Waals surface area (Å²) in [6.45, 7) is 2.42. The number of hydrogen-bond acceptors (Lipinski definition) is 37. The van der Waals surface area contributed by atoms with E-state index in [-0.39, 0.29) is 57.2 Å². The summed E-state index contributed by atoms with van der Waals surface area (Å²) in [4.78, 5) is 42.0. The van der Waals surface area contributed by atoms with E-state index in [0.29, 0.717) is 0 Å². The molecule has 0 spiro atoms. The number of hydrogen-bond donors (Lipinski definition) is 24. The van der Waals surface area contributed by atoms with Crippen LogP contribution in [0.15, 0.2) is 151 Å². The lowest BCUT2D eigenvalue weighted by molar-refractivity contribution is -0.318. The van der Waals surface area contributed by atoms with Crippen molar-refractivity contribution in [1.29, 1.82) is 0 Å². The van der Waals surface area contributed by atoms with Crippen molar-refractivity contribution >= 4 is 41.4 Å². The zero-order valence-electron chi connectivity index (χ0n) is 67.3. The van der Waals surface area contributed by atoms with Crippen LogP contribution < -0.4 is 35.2 Å². The highest BCUT2D eigenvalue weighted by Gasteiger charge is 2.51. The molecule has 0 aromatic heterocycles. The number of aromatic hydroxyl groups is 4. The quantitative estimate of drug-likeness (QED) is 0.0826. The number of aliphatic hydroxyl groups excluding tert-OH is 18. The third-order valence-corrected chi connectivity index (χ3v) is 22.9. The molecule has 10 aliphatic rings. The van der Waals surface area contributed by atoms with Crippen molar-refractivity contribution in [3.8, 4) is 80.1 Å². The van der Waals surface area contributed by atoms with Gasteiger partial charge in [0.2, 0.25) is 53.7 Å². The molecule has 0 aliphatic carbocycles. The first-order chi connectivity index (χ1) is 60.4. The third-order valence-electron chi connectivity index (χ3n) is 22.9. The average Bonchev–Trinajstić information content (AvgIpc) is 0.744. The summed E-state index contributed by atoms with van der Waals surface area (Å²) >= 11 is 0. The van der Waals surface area contributed by atoms with E-state index in [0.717, 1.165) is 61.7 Å². The molecule has 4 fully saturated rings. The van der Waals surface area contributed by atoms with E-state index < -0.39 is 300 Å². The molecule has 127 heavy (non-hydrogen) atoms. The first kappa shape index (κ1) is 90.0. The van der Waals surface area contributed by atoms with Gasteiger partial charge in [-0.3, -0.25) is 0 Å². The van der Waals surface area contributed by atoms with Crippen molar-refractivity contribution in [2.24, 2.45) is 41.4 Å². The smallest absolute Gasteiger partial charge is 0.335 e. The molecule has 0 amide bonds. The molecule has 7 aromatic carbocycles. The van der Waals surface area contributed by atoms with Crippen LogP contribution in [0.2, 0.25) is 0 Å². The highest BCUT2D eigenvalue weighted by molar-refractivity contribution is 5.96. The van der Waals surface area contributed by atoms with E-state index in [1.807, 2.05) is 0 Å². The minimum absolute atomic E-state index is 0.0329. The molecule has 0 radical (unpaired) electrons. The molecule has 0 saturated carbocycles. The first-order valence-corrected chi connectivity index (χ1v) is 39.7. The van der Waals surface area contributed by atoms with Crippen molar-refractivity contribution in [2.45, 2.75) is 198 Å². The Labute approximate surface area is 718 Å². The maximum absolute atomic E-state index is 14.8. The van der Waals surface area contributed by atoms with Crippen LogP contribution in [0.3, 0.4) is 0 Å². The zero-order chi connectivity index (χ0) is 90.9. The number of esters is 1. The summed E-state index contributed by atoms with van der Waals surface area (Å²) in [6.07, 6.45) is -36.8. The van der Waals surface area contributed by atoms with Gasteiger partial charge in [0.1, 0.15) is 126 Å². The molecule has 43 heteroatoms. The van der Waals surface area contributed by atoms with Gasteiger partial charge in [-0.1, -0.05) is 36.4 Å². The number of phenolic OH excluding ortho intramolecular Hbond substituents is 4. The summed E-state index contributed by atoms with van der Waals surface area (Å²) in [5.41, 5.74) is 10.1. The van der Waals surface area contributed by atoms with Crippen LogP contribution >= 0.6 is 0 Å². The first-order valence-electron chi connectivity index (χ1n) is 39.7. The van der Waals surface area contributed by atoms with Gasteiger partial charge < -0.3 is 181 Å². The Bertz CT molecular complexity index is 5440. The Morgan fingerprint density at radius 1 is 0.457 bits per heavy atom. The predicted octanol–water partition coefficient (Wildman–Crippen LogP) is 2.25. The van der Waals surface area contributed by atoms with E-state index >= 15 is 0 Å². The van der Waals surface area contributed by atoms with Gasteiger partial charge in [-0.25, -0.2) is 34.7 Å². The third kappa shape index (κ3) is 17.9. The second kappa shape index (κ2) is 36.5. The number of carbonyl (C=O) groups is 1. The van der Waals surface area contributed by atoms with Gasteiger partial charge in [-0.05, 0) is 133 Å². The van der Waals surface area contributed by atoms with E-state index in [4.69, 9.17) is 73.3 Å². The number of rotatable bonds is 11. The molecule has 26 N–H and O–H groups in total. The lowest BCUT2D eigenvalue weighted by Crippen LogP contribution is -2.61. The van der Waals surface area contributed by atoms with Crippen LogP contribution in [-0.4, -0.2) is 303 Å². The summed E-state index contributed by atoms with van der Waals surface area (Å²) in [5, 5.41) is 261. The molecule has 4 saturated heterocycles. The number of benzene rings is 7. The Balaban J connectivity index is 1.01. The summed E-state index contributed by atoms with van der Waals surface area (Å²) in [6, 6.07) is 6.63. The molecule has 10 heterocycles. The van der Waals surface area contributed by atoms with Crippen molar-refractivity contribution in [2.75, 3.05) is 20.3 Å². The number of phenols is 4. The lowest BCUT2D eigenvalue weighted by Gasteiger charge is -2.42. The Hall–Kier alpha value is -11.8. The van der Waals surface area contributed by atoms with Gasteiger partial charge in [0, 0.05) is 40.8 Å². The number of methoxy groups -OCH3 is 1. The predicted molar refractivity (Wildman–Crippen MR) is 435 cm³/mol. The highest BCUT2D eigenvalue weighted by Crippen LogP contribution is 2.51. The minimum Gasteiger partial charge on any atom is -0.508 e. The van der Waals surface area contributed by atoms with Crippen LogP contribution in [-0.2, 0) is 38.0 Å². The van der Waals surface area contributed by atoms with Crippen LogP contribution in [0.1, 0.15) is 107 Å². The maximum Gasteiger partial charge on any atom is 0.335 e.